The maximum absolute atomic E-state index is 11.7. The number of piperidine rings is 1. The number of H-pyrrole nitrogens is 1. The van der Waals surface area contributed by atoms with Crippen molar-refractivity contribution in [2.24, 2.45) is 0 Å². The Hall–Kier alpha value is -2.67. The van der Waals surface area contributed by atoms with Crippen LogP contribution in [0.25, 0.3) is 0 Å². The Labute approximate surface area is 153 Å². The first kappa shape index (κ1) is 18.1. The average Bonchev–Trinajstić information content (AvgIpc) is 3.20. The quantitative estimate of drug-likeness (QED) is 0.709. The summed E-state index contributed by atoms with van der Waals surface area (Å²) in [7, 11) is 0. The Morgan fingerprint density at radius 2 is 2.19 bits per heavy atom. The van der Waals surface area contributed by atoms with E-state index in [-0.39, 0.29) is 5.91 Å². The van der Waals surface area contributed by atoms with Gasteiger partial charge in [0.1, 0.15) is 6.61 Å². The molecule has 0 aromatic carbocycles. The molecule has 0 unspecified atom stereocenters. The van der Waals surface area contributed by atoms with Crippen molar-refractivity contribution < 1.29 is 9.53 Å². The predicted molar refractivity (Wildman–Crippen MR) is 98.9 cm³/mol. The first-order chi connectivity index (χ1) is 12.8. The first-order valence-corrected chi connectivity index (χ1v) is 9.03. The van der Waals surface area contributed by atoms with Gasteiger partial charge in [-0.1, -0.05) is 12.5 Å². The van der Waals surface area contributed by atoms with Crippen LogP contribution >= 0.6 is 0 Å². The number of hydrogen-bond acceptors (Lipinski definition) is 5. The largest absolute Gasteiger partial charge is 0.473 e. The summed E-state index contributed by atoms with van der Waals surface area (Å²) < 4.78 is 5.67. The molecular formula is C19H25N5O2. The highest BCUT2D eigenvalue weighted by atomic mass is 16.5. The lowest BCUT2D eigenvalue weighted by molar-refractivity contribution is 0.0958. The second-order valence-corrected chi connectivity index (χ2v) is 6.32. The Bertz CT molecular complexity index is 708. The molecule has 138 valence electrons. The lowest BCUT2D eigenvalue weighted by atomic mass is 10.1. The number of carbonyl (C=O) groups excluding carboxylic acids is 1. The SMILES string of the molecule is O=C(NCC=CCOc1cc(CN2CCCCC2)ccn1)c1cn[nH]c1. The summed E-state index contributed by atoms with van der Waals surface area (Å²) >= 11 is 0. The summed E-state index contributed by atoms with van der Waals surface area (Å²) in [5.41, 5.74) is 1.75. The van der Waals surface area contributed by atoms with Gasteiger partial charge in [-0.3, -0.25) is 14.8 Å². The summed E-state index contributed by atoms with van der Waals surface area (Å²) in [6.45, 7) is 4.16. The number of rotatable bonds is 8. The molecule has 3 rings (SSSR count). The molecule has 1 aliphatic rings. The molecule has 26 heavy (non-hydrogen) atoms. The summed E-state index contributed by atoms with van der Waals surface area (Å²) in [6, 6.07) is 4.05. The fourth-order valence-electron chi connectivity index (χ4n) is 2.92. The summed E-state index contributed by atoms with van der Waals surface area (Å²) in [5.74, 6) is 0.475. The molecule has 0 bridgehead atoms. The van der Waals surface area contributed by atoms with Crippen LogP contribution in [0.4, 0.5) is 0 Å². The van der Waals surface area contributed by atoms with Crippen molar-refractivity contribution in [2.75, 3.05) is 26.2 Å². The molecule has 3 heterocycles. The molecule has 0 spiro atoms. The number of pyridine rings is 1. The summed E-state index contributed by atoms with van der Waals surface area (Å²) in [6.07, 6.45) is 12.5. The Morgan fingerprint density at radius 3 is 3.00 bits per heavy atom. The molecule has 7 nitrogen and oxygen atoms in total. The molecule has 2 N–H and O–H groups in total. The summed E-state index contributed by atoms with van der Waals surface area (Å²) in [5, 5.41) is 9.13. The van der Waals surface area contributed by atoms with E-state index in [0.29, 0.717) is 24.6 Å². The molecule has 1 fully saturated rings. The number of nitrogens with zero attached hydrogens (tertiary/aromatic N) is 3. The number of likely N-dealkylation sites (tertiary alicyclic amines) is 1. The number of nitrogens with one attached hydrogen (secondary N) is 2. The fraction of sp³-hybridized carbons (Fsp3) is 0.421. The standard InChI is InChI=1S/C19H25N5O2/c25-19(17-13-22-23-14-17)21-7-2-5-11-26-18-12-16(6-8-20-18)15-24-9-3-1-4-10-24/h2,5-6,8,12-14H,1,3-4,7,9-11,15H2,(H,21,25)(H,22,23). The van der Waals surface area contributed by atoms with Crippen molar-refractivity contribution in [3.05, 3.63) is 54.0 Å². The highest BCUT2D eigenvalue weighted by molar-refractivity contribution is 5.93. The molecule has 1 amide bonds. The van der Waals surface area contributed by atoms with Crippen LogP contribution in [0.2, 0.25) is 0 Å². The number of amides is 1. The van der Waals surface area contributed by atoms with Gasteiger partial charge in [0.2, 0.25) is 5.88 Å². The molecular weight excluding hydrogens is 330 g/mol. The van der Waals surface area contributed by atoms with Crippen molar-refractivity contribution in [1.29, 1.82) is 0 Å². The molecule has 2 aromatic heterocycles. The van der Waals surface area contributed by atoms with Crippen molar-refractivity contribution >= 4 is 5.91 Å². The third kappa shape index (κ3) is 5.70. The molecule has 0 radical (unpaired) electrons. The summed E-state index contributed by atoms with van der Waals surface area (Å²) in [4.78, 5) is 18.4. The molecule has 7 heteroatoms. The number of carbonyl (C=O) groups is 1. The van der Waals surface area contributed by atoms with E-state index in [9.17, 15) is 4.79 Å². The van der Waals surface area contributed by atoms with Crippen LogP contribution in [-0.2, 0) is 6.54 Å². The first-order valence-electron chi connectivity index (χ1n) is 9.03. The van der Waals surface area contributed by atoms with Crippen LogP contribution in [0.15, 0.2) is 42.9 Å². The van der Waals surface area contributed by atoms with Crippen molar-refractivity contribution in [3.8, 4) is 5.88 Å². The minimum atomic E-state index is -0.156. The van der Waals surface area contributed by atoms with Crippen LogP contribution in [-0.4, -0.2) is 52.2 Å². The van der Waals surface area contributed by atoms with Crippen LogP contribution in [0, 0.1) is 0 Å². The molecule has 0 saturated carbocycles. The lowest BCUT2D eigenvalue weighted by Crippen LogP contribution is -2.29. The van der Waals surface area contributed by atoms with Gasteiger partial charge in [-0.05, 0) is 43.6 Å². The Kier molecular flexibility index (Phi) is 6.78. The van der Waals surface area contributed by atoms with Gasteiger partial charge in [-0.25, -0.2) is 4.98 Å². The minimum absolute atomic E-state index is 0.156. The van der Waals surface area contributed by atoms with Crippen LogP contribution in [0.1, 0.15) is 35.2 Å². The molecule has 0 aliphatic carbocycles. The van der Waals surface area contributed by atoms with Gasteiger partial charge in [0.05, 0.1) is 11.8 Å². The van der Waals surface area contributed by atoms with E-state index in [1.54, 1.807) is 12.4 Å². The van der Waals surface area contributed by atoms with Crippen molar-refractivity contribution in [3.63, 3.8) is 0 Å². The normalized spacial score (nSPS) is 15.2. The topological polar surface area (TPSA) is 83.1 Å². The van der Waals surface area contributed by atoms with Gasteiger partial charge in [-0.2, -0.15) is 5.10 Å². The van der Waals surface area contributed by atoms with E-state index >= 15 is 0 Å². The minimum Gasteiger partial charge on any atom is -0.473 e. The zero-order valence-electron chi connectivity index (χ0n) is 14.9. The third-order valence-corrected chi connectivity index (χ3v) is 4.29. The highest BCUT2D eigenvalue weighted by Crippen LogP contribution is 2.15. The monoisotopic (exact) mass is 355 g/mol. The smallest absolute Gasteiger partial charge is 0.254 e. The number of aromatic amines is 1. The van der Waals surface area contributed by atoms with Gasteiger partial charge in [0, 0.05) is 31.5 Å². The number of hydrogen-bond donors (Lipinski definition) is 2. The fourth-order valence-corrected chi connectivity index (χ4v) is 2.92. The predicted octanol–water partition coefficient (Wildman–Crippen LogP) is 2.16. The van der Waals surface area contributed by atoms with E-state index in [4.69, 9.17) is 4.74 Å². The van der Waals surface area contributed by atoms with Crippen LogP contribution in [0.3, 0.4) is 0 Å². The van der Waals surface area contributed by atoms with Gasteiger partial charge in [-0.15, -0.1) is 0 Å². The van der Waals surface area contributed by atoms with Crippen molar-refractivity contribution in [1.82, 2.24) is 25.4 Å². The second-order valence-electron chi connectivity index (χ2n) is 6.32. The van der Waals surface area contributed by atoms with E-state index in [1.165, 1.54) is 44.1 Å². The number of ether oxygens (including phenoxy) is 1. The Morgan fingerprint density at radius 1 is 1.31 bits per heavy atom. The molecule has 2 aromatic rings. The van der Waals surface area contributed by atoms with E-state index < -0.39 is 0 Å². The zero-order valence-corrected chi connectivity index (χ0v) is 14.9. The molecule has 1 aliphatic heterocycles. The average molecular weight is 355 g/mol. The molecule has 1 saturated heterocycles. The van der Waals surface area contributed by atoms with Crippen molar-refractivity contribution in [2.45, 2.75) is 25.8 Å². The lowest BCUT2D eigenvalue weighted by Gasteiger charge is -2.26. The van der Waals surface area contributed by atoms with Gasteiger partial charge >= 0.3 is 0 Å². The van der Waals surface area contributed by atoms with E-state index in [1.807, 2.05) is 24.3 Å². The van der Waals surface area contributed by atoms with E-state index in [2.05, 4.69) is 25.4 Å². The maximum atomic E-state index is 11.7. The highest BCUT2D eigenvalue weighted by Gasteiger charge is 2.10. The Balaban J connectivity index is 1.37. The zero-order chi connectivity index (χ0) is 18.0. The second kappa shape index (κ2) is 9.72. The van der Waals surface area contributed by atoms with Crippen LogP contribution in [0.5, 0.6) is 5.88 Å². The van der Waals surface area contributed by atoms with Gasteiger partial charge in [0.25, 0.3) is 5.91 Å². The van der Waals surface area contributed by atoms with E-state index in [0.717, 1.165) is 6.54 Å². The van der Waals surface area contributed by atoms with Gasteiger partial charge < -0.3 is 10.1 Å². The van der Waals surface area contributed by atoms with Gasteiger partial charge in [0.15, 0.2) is 0 Å². The third-order valence-electron chi connectivity index (χ3n) is 4.29. The number of aromatic nitrogens is 3. The van der Waals surface area contributed by atoms with Crippen LogP contribution < -0.4 is 10.1 Å². The molecule has 0 atom stereocenters. The maximum Gasteiger partial charge on any atom is 0.254 e.